The second-order valence-electron chi connectivity index (χ2n) is 4.80. The van der Waals surface area contributed by atoms with E-state index >= 15 is 0 Å². The van der Waals surface area contributed by atoms with Crippen molar-refractivity contribution in [1.29, 1.82) is 0 Å². The van der Waals surface area contributed by atoms with E-state index in [4.69, 9.17) is 4.74 Å². The molecular weight excluding hydrogens is 228 g/mol. The van der Waals surface area contributed by atoms with Crippen molar-refractivity contribution in [2.75, 3.05) is 18.6 Å². The quantitative estimate of drug-likeness (QED) is 0.890. The van der Waals surface area contributed by atoms with E-state index in [1.54, 1.807) is 0 Å². The standard InChI is InChI=1S/C14H22N2O2/c1-3-18-14-10-6-9-13(15-14)16(2)11-7-4-5-8-12(11)17/h6,9-12,17H,3-5,7-8H2,1-2H3. The summed E-state index contributed by atoms with van der Waals surface area (Å²) < 4.78 is 5.41. The highest BCUT2D eigenvalue weighted by molar-refractivity contribution is 5.41. The van der Waals surface area contributed by atoms with E-state index in [2.05, 4.69) is 9.88 Å². The highest BCUT2D eigenvalue weighted by Crippen LogP contribution is 2.26. The van der Waals surface area contributed by atoms with Crippen molar-refractivity contribution in [2.45, 2.75) is 44.8 Å². The molecule has 1 N–H and O–H groups in total. The molecule has 0 amide bonds. The fraction of sp³-hybridized carbons (Fsp3) is 0.643. The van der Waals surface area contributed by atoms with E-state index < -0.39 is 0 Å². The summed E-state index contributed by atoms with van der Waals surface area (Å²) in [6.07, 6.45) is 3.97. The molecule has 0 aliphatic heterocycles. The van der Waals surface area contributed by atoms with Gasteiger partial charge in [0.05, 0.1) is 18.8 Å². The smallest absolute Gasteiger partial charge is 0.215 e. The molecule has 0 bridgehead atoms. The summed E-state index contributed by atoms with van der Waals surface area (Å²) in [6, 6.07) is 5.93. The Morgan fingerprint density at radius 3 is 2.89 bits per heavy atom. The summed E-state index contributed by atoms with van der Waals surface area (Å²) in [5.41, 5.74) is 0. The van der Waals surface area contributed by atoms with Gasteiger partial charge in [0.15, 0.2) is 0 Å². The number of likely N-dealkylation sites (N-methyl/N-ethyl adjacent to an activating group) is 1. The first-order valence-corrected chi connectivity index (χ1v) is 6.73. The summed E-state index contributed by atoms with van der Waals surface area (Å²) >= 11 is 0. The molecule has 2 rings (SSSR count). The molecule has 0 spiro atoms. The third-order valence-corrected chi connectivity index (χ3v) is 3.55. The summed E-state index contributed by atoms with van der Waals surface area (Å²) in [5.74, 6) is 1.51. The topological polar surface area (TPSA) is 45.6 Å². The van der Waals surface area contributed by atoms with Gasteiger partial charge in [-0.1, -0.05) is 18.9 Å². The van der Waals surface area contributed by atoms with Gasteiger partial charge < -0.3 is 14.7 Å². The Morgan fingerprint density at radius 2 is 2.17 bits per heavy atom. The van der Waals surface area contributed by atoms with Crippen LogP contribution in [0.1, 0.15) is 32.6 Å². The summed E-state index contributed by atoms with van der Waals surface area (Å²) in [7, 11) is 2.00. The van der Waals surface area contributed by atoms with Crippen molar-refractivity contribution < 1.29 is 9.84 Å². The Kier molecular flexibility index (Phi) is 4.42. The normalized spacial score (nSPS) is 23.7. The van der Waals surface area contributed by atoms with Crippen LogP contribution in [0.3, 0.4) is 0 Å². The predicted octanol–water partition coefficient (Wildman–Crippen LogP) is 2.22. The van der Waals surface area contributed by atoms with Gasteiger partial charge in [-0.3, -0.25) is 0 Å². The van der Waals surface area contributed by atoms with Gasteiger partial charge in [-0.2, -0.15) is 4.98 Å². The lowest BCUT2D eigenvalue weighted by Crippen LogP contribution is -2.43. The van der Waals surface area contributed by atoms with E-state index in [1.807, 2.05) is 32.2 Å². The van der Waals surface area contributed by atoms with Gasteiger partial charge in [0.1, 0.15) is 5.82 Å². The molecule has 1 aromatic heterocycles. The molecule has 0 radical (unpaired) electrons. The Labute approximate surface area is 109 Å². The van der Waals surface area contributed by atoms with E-state index in [9.17, 15) is 5.11 Å². The monoisotopic (exact) mass is 250 g/mol. The number of aliphatic hydroxyl groups is 1. The highest BCUT2D eigenvalue weighted by Gasteiger charge is 2.27. The Morgan fingerprint density at radius 1 is 1.39 bits per heavy atom. The second-order valence-corrected chi connectivity index (χ2v) is 4.80. The van der Waals surface area contributed by atoms with Gasteiger partial charge in [0, 0.05) is 13.1 Å². The van der Waals surface area contributed by atoms with Crippen LogP contribution >= 0.6 is 0 Å². The fourth-order valence-electron chi connectivity index (χ4n) is 2.54. The highest BCUT2D eigenvalue weighted by atomic mass is 16.5. The van der Waals surface area contributed by atoms with Gasteiger partial charge in [0.25, 0.3) is 0 Å². The SMILES string of the molecule is CCOc1cccc(N(C)C2CCCCC2O)n1. The molecule has 2 unspecified atom stereocenters. The third kappa shape index (κ3) is 2.93. The van der Waals surface area contributed by atoms with Crippen LogP contribution in [0, 0.1) is 0 Å². The number of rotatable bonds is 4. The number of pyridine rings is 1. The zero-order valence-electron chi connectivity index (χ0n) is 11.2. The molecule has 0 saturated heterocycles. The molecule has 4 heteroatoms. The maximum Gasteiger partial charge on any atom is 0.215 e. The number of hydrogen-bond acceptors (Lipinski definition) is 4. The van der Waals surface area contributed by atoms with Gasteiger partial charge in [-0.15, -0.1) is 0 Å². The van der Waals surface area contributed by atoms with Crippen LogP contribution in [0.25, 0.3) is 0 Å². The molecule has 1 aliphatic carbocycles. The van der Waals surface area contributed by atoms with Crippen molar-refractivity contribution in [3.8, 4) is 5.88 Å². The molecular formula is C14H22N2O2. The van der Waals surface area contributed by atoms with Gasteiger partial charge in [-0.05, 0) is 25.8 Å². The number of nitrogens with zero attached hydrogens (tertiary/aromatic N) is 2. The van der Waals surface area contributed by atoms with E-state index in [-0.39, 0.29) is 12.1 Å². The van der Waals surface area contributed by atoms with E-state index in [0.717, 1.165) is 25.1 Å². The van der Waals surface area contributed by atoms with Crippen LogP contribution in [0.4, 0.5) is 5.82 Å². The molecule has 0 aromatic carbocycles. The molecule has 1 saturated carbocycles. The largest absolute Gasteiger partial charge is 0.478 e. The number of aliphatic hydroxyl groups excluding tert-OH is 1. The average molecular weight is 250 g/mol. The van der Waals surface area contributed by atoms with Crippen molar-refractivity contribution in [3.05, 3.63) is 18.2 Å². The minimum Gasteiger partial charge on any atom is -0.478 e. The molecule has 1 fully saturated rings. The zero-order chi connectivity index (χ0) is 13.0. The number of anilines is 1. The summed E-state index contributed by atoms with van der Waals surface area (Å²) in [4.78, 5) is 6.54. The van der Waals surface area contributed by atoms with Gasteiger partial charge in [-0.25, -0.2) is 0 Å². The molecule has 4 nitrogen and oxygen atoms in total. The Hall–Kier alpha value is -1.29. The molecule has 100 valence electrons. The molecule has 2 atom stereocenters. The van der Waals surface area contributed by atoms with Crippen LogP contribution in [-0.2, 0) is 0 Å². The Balaban J connectivity index is 2.11. The van der Waals surface area contributed by atoms with Crippen LogP contribution in [0.15, 0.2) is 18.2 Å². The Bertz CT molecular complexity index is 384. The molecule has 1 aliphatic rings. The average Bonchev–Trinajstić information content (AvgIpc) is 2.39. The summed E-state index contributed by atoms with van der Waals surface area (Å²) in [6.45, 7) is 2.56. The predicted molar refractivity (Wildman–Crippen MR) is 72.1 cm³/mol. The van der Waals surface area contributed by atoms with Crippen LogP contribution in [0.2, 0.25) is 0 Å². The maximum absolute atomic E-state index is 10.1. The lowest BCUT2D eigenvalue weighted by molar-refractivity contribution is 0.106. The fourth-order valence-corrected chi connectivity index (χ4v) is 2.54. The van der Waals surface area contributed by atoms with Crippen LogP contribution < -0.4 is 9.64 Å². The lowest BCUT2D eigenvalue weighted by Gasteiger charge is -2.35. The molecule has 1 aromatic rings. The van der Waals surface area contributed by atoms with Crippen LogP contribution in [0.5, 0.6) is 5.88 Å². The van der Waals surface area contributed by atoms with Gasteiger partial charge >= 0.3 is 0 Å². The first-order valence-electron chi connectivity index (χ1n) is 6.73. The van der Waals surface area contributed by atoms with Crippen molar-refractivity contribution in [2.24, 2.45) is 0 Å². The van der Waals surface area contributed by atoms with Crippen LogP contribution in [-0.4, -0.2) is 35.9 Å². The minimum atomic E-state index is -0.249. The second kappa shape index (κ2) is 6.05. The number of aromatic nitrogens is 1. The van der Waals surface area contributed by atoms with Crippen molar-refractivity contribution in [3.63, 3.8) is 0 Å². The zero-order valence-corrected chi connectivity index (χ0v) is 11.2. The number of hydrogen-bond donors (Lipinski definition) is 1. The van der Waals surface area contributed by atoms with Gasteiger partial charge in [0.2, 0.25) is 5.88 Å². The molecule has 18 heavy (non-hydrogen) atoms. The van der Waals surface area contributed by atoms with E-state index in [0.29, 0.717) is 12.5 Å². The van der Waals surface area contributed by atoms with E-state index in [1.165, 1.54) is 6.42 Å². The third-order valence-electron chi connectivity index (χ3n) is 3.55. The van der Waals surface area contributed by atoms with Crippen molar-refractivity contribution in [1.82, 2.24) is 4.98 Å². The number of ether oxygens (including phenoxy) is 1. The minimum absolute atomic E-state index is 0.170. The first-order chi connectivity index (χ1) is 8.72. The molecule has 1 heterocycles. The lowest BCUT2D eigenvalue weighted by atomic mass is 9.91. The first kappa shape index (κ1) is 13.1. The van der Waals surface area contributed by atoms with Crippen molar-refractivity contribution >= 4 is 5.82 Å². The maximum atomic E-state index is 10.1. The summed E-state index contributed by atoms with van der Waals surface area (Å²) in [5, 5.41) is 10.1.